The van der Waals surface area contributed by atoms with Crippen molar-refractivity contribution in [3.63, 3.8) is 0 Å². The molecule has 0 heterocycles. The summed E-state index contributed by atoms with van der Waals surface area (Å²) >= 11 is 0. The Morgan fingerprint density at radius 3 is 3.00 bits per heavy atom. The highest BCUT2D eigenvalue weighted by Crippen LogP contribution is 2.32. The van der Waals surface area contributed by atoms with Crippen LogP contribution in [0.3, 0.4) is 0 Å². The number of hydrogen-bond donors (Lipinski definition) is 1. The third kappa shape index (κ3) is 3.56. The van der Waals surface area contributed by atoms with Gasteiger partial charge in [-0.25, -0.2) is 0 Å². The molecule has 1 fully saturated rings. The van der Waals surface area contributed by atoms with Crippen LogP contribution in [0.2, 0.25) is 0 Å². The largest absolute Gasteiger partial charge is 0.494 e. The molecule has 1 N–H and O–H groups in total. The predicted molar refractivity (Wildman–Crippen MR) is 62.0 cm³/mol. The molecule has 0 aliphatic heterocycles. The molecule has 0 aromatic heterocycles. The van der Waals surface area contributed by atoms with E-state index in [0.29, 0.717) is 0 Å². The molecular weight excluding hydrogens is 186 g/mol. The van der Waals surface area contributed by atoms with E-state index in [4.69, 9.17) is 4.74 Å². The summed E-state index contributed by atoms with van der Waals surface area (Å²) in [6.07, 6.45) is 4.03. The van der Waals surface area contributed by atoms with Crippen LogP contribution in [0.4, 0.5) is 0 Å². The number of hydrogen-bond acceptors (Lipinski definition) is 2. The van der Waals surface area contributed by atoms with Crippen LogP contribution in [-0.2, 0) is 6.54 Å². The van der Waals surface area contributed by atoms with Crippen molar-refractivity contribution in [1.82, 2.24) is 5.32 Å². The Balaban J connectivity index is 1.80. The molecular formula is C13H19NO. The van der Waals surface area contributed by atoms with Gasteiger partial charge in [-0.2, -0.15) is 0 Å². The average Bonchev–Trinajstić information content (AvgIpc) is 3.03. The second-order valence-corrected chi connectivity index (χ2v) is 4.26. The van der Waals surface area contributed by atoms with Crippen molar-refractivity contribution in [2.24, 2.45) is 5.92 Å². The van der Waals surface area contributed by atoms with E-state index in [-0.39, 0.29) is 0 Å². The van der Waals surface area contributed by atoms with Gasteiger partial charge in [-0.05, 0) is 37.1 Å². The van der Waals surface area contributed by atoms with E-state index >= 15 is 0 Å². The molecule has 1 aliphatic rings. The zero-order valence-corrected chi connectivity index (χ0v) is 9.33. The van der Waals surface area contributed by atoms with Gasteiger partial charge in [-0.3, -0.25) is 0 Å². The van der Waals surface area contributed by atoms with Crippen molar-refractivity contribution in [2.45, 2.75) is 25.8 Å². The summed E-state index contributed by atoms with van der Waals surface area (Å²) in [5.74, 6) is 1.95. The summed E-state index contributed by atoms with van der Waals surface area (Å²) in [4.78, 5) is 0. The molecule has 2 nitrogen and oxygen atoms in total. The number of rotatable bonds is 6. The topological polar surface area (TPSA) is 21.3 Å². The van der Waals surface area contributed by atoms with Crippen molar-refractivity contribution in [3.8, 4) is 5.75 Å². The molecule has 1 aromatic rings. The highest BCUT2D eigenvalue weighted by atomic mass is 16.5. The van der Waals surface area contributed by atoms with Crippen LogP contribution >= 0.6 is 0 Å². The third-order valence-electron chi connectivity index (χ3n) is 2.77. The van der Waals surface area contributed by atoms with Crippen molar-refractivity contribution in [1.29, 1.82) is 0 Å². The number of ether oxygens (including phenoxy) is 1. The molecule has 0 saturated heterocycles. The maximum Gasteiger partial charge on any atom is 0.119 e. The summed E-state index contributed by atoms with van der Waals surface area (Å²) in [5, 5.41) is 3.14. The maximum absolute atomic E-state index is 5.72. The molecule has 2 rings (SSSR count). The summed E-state index contributed by atoms with van der Waals surface area (Å²) < 4.78 is 5.72. The third-order valence-corrected chi connectivity index (χ3v) is 2.77. The zero-order valence-electron chi connectivity index (χ0n) is 9.33. The minimum absolute atomic E-state index is 0.869. The molecule has 0 radical (unpaired) electrons. The molecule has 0 unspecified atom stereocenters. The second-order valence-electron chi connectivity index (χ2n) is 4.26. The Hall–Kier alpha value is -1.02. The van der Waals surface area contributed by atoms with Gasteiger partial charge in [0, 0.05) is 6.54 Å². The average molecular weight is 205 g/mol. The lowest BCUT2D eigenvalue weighted by atomic mass is 10.2. The van der Waals surface area contributed by atoms with E-state index in [0.717, 1.165) is 24.8 Å². The van der Waals surface area contributed by atoms with Crippen molar-refractivity contribution in [2.75, 3.05) is 13.7 Å². The number of benzene rings is 1. The number of nitrogens with one attached hydrogen (secondary N) is 1. The van der Waals surface area contributed by atoms with Gasteiger partial charge in [0.05, 0.1) is 6.61 Å². The van der Waals surface area contributed by atoms with Gasteiger partial charge in [-0.1, -0.05) is 25.0 Å². The van der Waals surface area contributed by atoms with Gasteiger partial charge >= 0.3 is 0 Å². The lowest BCUT2D eigenvalue weighted by Gasteiger charge is -2.07. The first kappa shape index (κ1) is 10.5. The Morgan fingerprint density at radius 1 is 1.40 bits per heavy atom. The standard InChI is InChI=1S/C13H19NO/c1-14-10-12-3-2-4-13(9-12)15-8-7-11-5-6-11/h2-4,9,11,14H,5-8,10H2,1H3. The first-order chi connectivity index (χ1) is 7.38. The molecule has 1 aliphatic carbocycles. The first-order valence-corrected chi connectivity index (χ1v) is 5.75. The quantitative estimate of drug-likeness (QED) is 0.770. The molecule has 15 heavy (non-hydrogen) atoms. The van der Waals surface area contributed by atoms with Gasteiger partial charge in [0.25, 0.3) is 0 Å². The van der Waals surface area contributed by atoms with Gasteiger partial charge in [0.2, 0.25) is 0 Å². The summed E-state index contributed by atoms with van der Waals surface area (Å²) in [6.45, 7) is 1.77. The predicted octanol–water partition coefficient (Wildman–Crippen LogP) is 2.58. The minimum atomic E-state index is 0.869. The normalized spacial score (nSPS) is 15.3. The van der Waals surface area contributed by atoms with Gasteiger partial charge in [-0.15, -0.1) is 0 Å². The van der Waals surface area contributed by atoms with E-state index in [2.05, 4.69) is 23.5 Å². The molecule has 1 aromatic carbocycles. The molecule has 0 spiro atoms. The Morgan fingerprint density at radius 2 is 2.27 bits per heavy atom. The van der Waals surface area contributed by atoms with Crippen LogP contribution in [0.1, 0.15) is 24.8 Å². The summed E-state index contributed by atoms with van der Waals surface area (Å²) in [6, 6.07) is 8.32. The van der Waals surface area contributed by atoms with E-state index in [1.807, 2.05) is 13.1 Å². The monoisotopic (exact) mass is 205 g/mol. The fourth-order valence-electron chi connectivity index (χ4n) is 1.70. The van der Waals surface area contributed by atoms with Crippen molar-refractivity contribution >= 4 is 0 Å². The molecule has 82 valence electrons. The zero-order chi connectivity index (χ0) is 10.5. The van der Waals surface area contributed by atoms with Gasteiger partial charge in [0.15, 0.2) is 0 Å². The van der Waals surface area contributed by atoms with E-state index in [1.54, 1.807) is 0 Å². The Kier molecular flexibility index (Phi) is 3.62. The first-order valence-electron chi connectivity index (χ1n) is 5.75. The summed E-state index contributed by atoms with van der Waals surface area (Å²) in [7, 11) is 1.96. The van der Waals surface area contributed by atoms with Crippen LogP contribution in [0.5, 0.6) is 5.75 Å². The minimum Gasteiger partial charge on any atom is -0.494 e. The smallest absolute Gasteiger partial charge is 0.119 e. The molecule has 0 bridgehead atoms. The lowest BCUT2D eigenvalue weighted by Crippen LogP contribution is -2.05. The van der Waals surface area contributed by atoms with Crippen LogP contribution in [-0.4, -0.2) is 13.7 Å². The Bertz CT molecular complexity index is 307. The van der Waals surface area contributed by atoms with Gasteiger partial charge < -0.3 is 10.1 Å². The van der Waals surface area contributed by atoms with E-state index in [1.165, 1.54) is 24.8 Å². The molecule has 2 heteroatoms. The van der Waals surface area contributed by atoms with Crippen molar-refractivity contribution < 1.29 is 4.74 Å². The van der Waals surface area contributed by atoms with Gasteiger partial charge in [0.1, 0.15) is 5.75 Å². The maximum atomic E-state index is 5.72. The fraction of sp³-hybridized carbons (Fsp3) is 0.538. The van der Waals surface area contributed by atoms with E-state index in [9.17, 15) is 0 Å². The molecule has 0 atom stereocenters. The van der Waals surface area contributed by atoms with Crippen LogP contribution in [0, 0.1) is 5.92 Å². The summed E-state index contributed by atoms with van der Waals surface area (Å²) in [5.41, 5.74) is 1.28. The SMILES string of the molecule is CNCc1cccc(OCCC2CC2)c1. The van der Waals surface area contributed by atoms with Crippen LogP contribution < -0.4 is 10.1 Å². The van der Waals surface area contributed by atoms with Crippen LogP contribution in [0.25, 0.3) is 0 Å². The van der Waals surface area contributed by atoms with Crippen molar-refractivity contribution in [3.05, 3.63) is 29.8 Å². The fourth-order valence-corrected chi connectivity index (χ4v) is 1.70. The van der Waals surface area contributed by atoms with E-state index < -0.39 is 0 Å². The second kappa shape index (κ2) is 5.17. The highest BCUT2D eigenvalue weighted by Gasteiger charge is 2.20. The Labute approximate surface area is 91.6 Å². The molecule has 0 amide bonds. The highest BCUT2D eigenvalue weighted by molar-refractivity contribution is 5.28. The lowest BCUT2D eigenvalue weighted by molar-refractivity contribution is 0.302. The molecule has 1 saturated carbocycles. The van der Waals surface area contributed by atoms with Crippen LogP contribution in [0.15, 0.2) is 24.3 Å².